The molecule has 3 rings (SSSR count). The molecule has 0 bridgehead atoms. The van der Waals surface area contributed by atoms with Crippen LogP contribution in [0.25, 0.3) is 0 Å². The average molecular weight is 355 g/mol. The van der Waals surface area contributed by atoms with Crippen LogP contribution in [0, 0.1) is 0 Å². The molecular formula is C14H15ClN4O3S. The van der Waals surface area contributed by atoms with Crippen molar-refractivity contribution in [1.29, 1.82) is 0 Å². The summed E-state index contributed by atoms with van der Waals surface area (Å²) >= 11 is 5.91. The maximum Gasteiger partial charge on any atom is 0.246 e. The van der Waals surface area contributed by atoms with Crippen molar-refractivity contribution >= 4 is 27.6 Å². The number of anilines is 1. The summed E-state index contributed by atoms with van der Waals surface area (Å²) in [6.07, 6.45) is 3.25. The Balaban J connectivity index is 1.72. The Labute approximate surface area is 139 Å². The molecule has 1 aromatic carbocycles. The summed E-state index contributed by atoms with van der Waals surface area (Å²) < 4.78 is 31.8. The Morgan fingerprint density at radius 2 is 2.00 bits per heavy atom. The summed E-state index contributed by atoms with van der Waals surface area (Å²) in [5, 5.41) is 3.43. The lowest BCUT2D eigenvalue weighted by Gasteiger charge is -2.38. The molecule has 0 radical (unpaired) electrons. The van der Waals surface area contributed by atoms with Crippen LogP contribution in [0.5, 0.6) is 5.75 Å². The van der Waals surface area contributed by atoms with Crippen LogP contribution in [0.3, 0.4) is 0 Å². The van der Waals surface area contributed by atoms with Gasteiger partial charge in [-0.25, -0.2) is 18.4 Å². The Bertz CT molecular complexity index is 795. The number of methoxy groups -OCH3 is 1. The summed E-state index contributed by atoms with van der Waals surface area (Å²) in [5.41, 5.74) is 0. The lowest BCUT2D eigenvalue weighted by Crippen LogP contribution is -2.57. The molecule has 1 N–H and O–H groups in total. The molecule has 0 spiro atoms. The first-order valence-corrected chi connectivity index (χ1v) is 8.70. The van der Waals surface area contributed by atoms with Gasteiger partial charge in [-0.1, -0.05) is 11.6 Å². The number of nitrogens with one attached hydrogen (secondary N) is 1. The van der Waals surface area contributed by atoms with Gasteiger partial charge in [-0.15, -0.1) is 0 Å². The van der Waals surface area contributed by atoms with Gasteiger partial charge >= 0.3 is 0 Å². The molecule has 1 aliphatic heterocycles. The molecule has 1 aromatic heterocycles. The van der Waals surface area contributed by atoms with Crippen LogP contribution in [0.15, 0.2) is 41.6 Å². The fourth-order valence-electron chi connectivity index (χ4n) is 2.27. The largest absolute Gasteiger partial charge is 0.495 e. The number of rotatable bonds is 5. The maximum absolute atomic E-state index is 12.7. The summed E-state index contributed by atoms with van der Waals surface area (Å²) in [6.45, 7) is 0.659. The number of benzene rings is 1. The van der Waals surface area contributed by atoms with Crippen LogP contribution >= 0.6 is 11.6 Å². The monoisotopic (exact) mass is 354 g/mol. The number of nitrogens with zero attached hydrogens (tertiary/aromatic N) is 3. The van der Waals surface area contributed by atoms with Crippen molar-refractivity contribution in [2.24, 2.45) is 0 Å². The van der Waals surface area contributed by atoms with Gasteiger partial charge in [-0.05, 0) is 24.3 Å². The van der Waals surface area contributed by atoms with E-state index in [-0.39, 0.29) is 16.7 Å². The second-order valence-corrected chi connectivity index (χ2v) is 7.37. The molecule has 122 valence electrons. The molecule has 7 nitrogen and oxygen atoms in total. The zero-order chi connectivity index (χ0) is 16.4. The van der Waals surface area contributed by atoms with E-state index in [0.717, 1.165) is 0 Å². The van der Waals surface area contributed by atoms with E-state index < -0.39 is 10.0 Å². The first-order chi connectivity index (χ1) is 11.0. The van der Waals surface area contributed by atoms with Crippen LogP contribution in [0.1, 0.15) is 0 Å². The van der Waals surface area contributed by atoms with Crippen molar-refractivity contribution in [2.75, 3.05) is 25.5 Å². The van der Waals surface area contributed by atoms with Crippen molar-refractivity contribution in [3.05, 3.63) is 41.7 Å². The summed E-state index contributed by atoms with van der Waals surface area (Å²) in [6, 6.07) is 6.22. The third kappa shape index (κ3) is 3.24. The van der Waals surface area contributed by atoms with Crippen LogP contribution < -0.4 is 10.1 Å². The molecule has 0 atom stereocenters. The van der Waals surface area contributed by atoms with Crippen molar-refractivity contribution < 1.29 is 13.2 Å². The van der Waals surface area contributed by atoms with Gasteiger partial charge in [-0.2, -0.15) is 4.31 Å². The Hall–Kier alpha value is -1.90. The van der Waals surface area contributed by atoms with Gasteiger partial charge in [-0.3, -0.25) is 0 Å². The second-order valence-electron chi connectivity index (χ2n) is 5.03. The van der Waals surface area contributed by atoms with E-state index in [4.69, 9.17) is 16.3 Å². The Kier molecular flexibility index (Phi) is 4.38. The molecule has 0 amide bonds. The second kappa shape index (κ2) is 6.31. The van der Waals surface area contributed by atoms with Gasteiger partial charge in [0.05, 0.1) is 13.2 Å². The highest BCUT2D eigenvalue weighted by molar-refractivity contribution is 7.89. The molecule has 0 aliphatic carbocycles. The summed E-state index contributed by atoms with van der Waals surface area (Å²) in [5.74, 6) is 0.757. The van der Waals surface area contributed by atoms with Gasteiger partial charge in [0, 0.05) is 30.5 Å². The van der Waals surface area contributed by atoms with E-state index in [0.29, 0.717) is 24.1 Å². The Morgan fingerprint density at radius 3 is 2.65 bits per heavy atom. The van der Waals surface area contributed by atoms with E-state index in [1.807, 2.05) is 0 Å². The van der Waals surface area contributed by atoms with Gasteiger partial charge in [0.25, 0.3) is 0 Å². The highest BCUT2D eigenvalue weighted by Crippen LogP contribution is 2.31. The van der Waals surface area contributed by atoms with Crippen LogP contribution in [0.2, 0.25) is 5.02 Å². The smallest absolute Gasteiger partial charge is 0.246 e. The first-order valence-electron chi connectivity index (χ1n) is 6.88. The predicted molar refractivity (Wildman–Crippen MR) is 86.2 cm³/mol. The topological polar surface area (TPSA) is 84.4 Å². The predicted octanol–water partition coefficient (Wildman–Crippen LogP) is 1.62. The first kappa shape index (κ1) is 16.0. The standard InChI is InChI=1S/C14H15ClN4O3S/c1-22-12-4-3-10(15)7-13(12)23(20,21)19-8-11(9-19)18-14-16-5-2-6-17-14/h2-7,11H,8-9H2,1H3,(H,16,17,18). The van der Waals surface area contributed by atoms with E-state index in [9.17, 15) is 8.42 Å². The number of hydrogen-bond donors (Lipinski definition) is 1. The zero-order valence-corrected chi connectivity index (χ0v) is 13.9. The van der Waals surface area contributed by atoms with Crippen molar-refractivity contribution in [3.63, 3.8) is 0 Å². The Morgan fingerprint density at radius 1 is 1.30 bits per heavy atom. The number of halogens is 1. The minimum absolute atomic E-state index is 0.0302. The van der Waals surface area contributed by atoms with Gasteiger partial charge in [0.15, 0.2) is 0 Å². The molecule has 0 unspecified atom stereocenters. The van der Waals surface area contributed by atoms with Gasteiger partial charge in [0.2, 0.25) is 16.0 Å². The molecule has 1 fully saturated rings. The number of aromatic nitrogens is 2. The lowest BCUT2D eigenvalue weighted by molar-refractivity contribution is 0.278. The van der Waals surface area contributed by atoms with Crippen LogP contribution in [0.4, 0.5) is 5.95 Å². The van der Waals surface area contributed by atoms with Gasteiger partial charge < -0.3 is 10.1 Å². The molecule has 2 heterocycles. The average Bonchev–Trinajstić information content (AvgIpc) is 2.51. The normalized spacial score (nSPS) is 15.9. The lowest BCUT2D eigenvalue weighted by atomic mass is 10.2. The molecular weight excluding hydrogens is 340 g/mol. The van der Waals surface area contributed by atoms with Gasteiger partial charge in [0.1, 0.15) is 10.6 Å². The molecule has 0 saturated carbocycles. The van der Waals surface area contributed by atoms with E-state index in [1.54, 1.807) is 30.6 Å². The quantitative estimate of drug-likeness (QED) is 0.878. The third-order valence-corrected chi connectivity index (χ3v) is 5.58. The number of hydrogen-bond acceptors (Lipinski definition) is 6. The molecule has 1 saturated heterocycles. The van der Waals surface area contributed by atoms with Crippen LogP contribution in [-0.2, 0) is 10.0 Å². The number of sulfonamides is 1. The maximum atomic E-state index is 12.7. The van der Waals surface area contributed by atoms with Crippen LogP contribution in [-0.4, -0.2) is 48.9 Å². The van der Waals surface area contributed by atoms with E-state index in [2.05, 4.69) is 15.3 Å². The highest BCUT2D eigenvalue weighted by atomic mass is 35.5. The minimum Gasteiger partial charge on any atom is -0.495 e. The van der Waals surface area contributed by atoms with Crippen molar-refractivity contribution in [1.82, 2.24) is 14.3 Å². The molecule has 9 heteroatoms. The fourth-order valence-corrected chi connectivity index (χ4v) is 4.22. The molecule has 1 aliphatic rings. The highest BCUT2D eigenvalue weighted by Gasteiger charge is 2.38. The molecule has 23 heavy (non-hydrogen) atoms. The summed E-state index contributed by atoms with van der Waals surface area (Å²) in [4.78, 5) is 8.19. The third-order valence-electron chi connectivity index (χ3n) is 3.49. The summed E-state index contributed by atoms with van der Waals surface area (Å²) in [7, 11) is -2.22. The SMILES string of the molecule is COc1ccc(Cl)cc1S(=O)(=O)N1CC(Nc2ncccn2)C1. The molecule has 2 aromatic rings. The van der Waals surface area contributed by atoms with Crippen molar-refractivity contribution in [2.45, 2.75) is 10.9 Å². The zero-order valence-electron chi connectivity index (χ0n) is 12.3. The van der Waals surface area contributed by atoms with E-state index >= 15 is 0 Å². The van der Waals surface area contributed by atoms with Crippen molar-refractivity contribution in [3.8, 4) is 5.75 Å². The fraction of sp³-hybridized carbons (Fsp3) is 0.286. The van der Waals surface area contributed by atoms with E-state index in [1.165, 1.54) is 17.5 Å². The number of ether oxygens (including phenoxy) is 1. The minimum atomic E-state index is -3.65.